The van der Waals surface area contributed by atoms with E-state index in [1.54, 1.807) is 30.3 Å². The molecular formula is C22H28N2O4S2. The van der Waals surface area contributed by atoms with Crippen LogP contribution < -0.4 is 9.46 Å². The maximum atomic E-state index is 13.1. The van der Waals surface area contributed by atoms with Crippen LogP contribution >= 0.6 is 11.8 Å². The molecule has 0 spiro atoms. The van der Waals surface area contributed by atoms with Gasteiger partial charge in [0.1, 0.15) is 5.75 Å². The van der Waals surface area contributed by atoms with E-state index >= 15 is 0 Å². The van der Waals surface area contributed by atoms with Gasteiger partial charge in [-0.05, 0) is 62.3 Å². The Hall–Kier alpha value is -2.19. The molecule has 1 fully saturated rings. The number of sulfonamides is 1. The second kappa shape index (κ2) is 9.75. The molecule has 8 heteroatoms. The monoisotopic (exact) mass is 448 g/mol. The Morgan fingerprint density at radius 1 is 1.20 bits per heavy atom. The van der Waals surface area contributed by atoms with Crippen molar-refractivity contribution in [1.82, 2.24) is 4.90 Å². The van der Waals surface area contributed by atoms with Crippen molar-refractivity contribution in [3.8, 4) is 5.75 Å². The quantitative estimate of drug-likeness (QED) is 0.632. The number of thioether (sulfide) groups is 1. The standard InChI is InChI=1S/C22H28N2O4S2/c1-4-28-20-8-6-5-7-19(20)23-30(26,27)17-9-10-21(29-3)18(15-17)22(25)24-13-11-16(2)12-14-24/h5-10,15-16,23H,4,11-14H2,1-3H3. The number of hydrogen-bond acceptors (Lipinski definition) is 5. The Bertz CT molecular complexity index is 1000. The van der Waals surface area contributed by atoms with Gasteiger partial charge in [0.15, 0.2) is 0 Å². The minimum Gasteiger partial charge on any atom is -0.492 e. The predicted octanol–water partition coefficient (Wildman–Crippen LogP) is 4.48. The average Bonchev–Trinajstić information content (AvgIpc) is 2.74. The van der Waals surface area contributed by atoms with Crippen LogP contribution in [-0.4, -0.2) is 45.2 Å². The minimum absolute atomic E-state index is 0.0559. The number of anilines is 1. The number of carbonyl (C=O) groups excluding carboxylic acids is 1. The lowest BCUT2D eigenvalue weighted by Crippen LogP contribution is -2.38. The van der Waals surface area contributed by atoms with Crippen LogP contribution in [0, 0.1) is 5.92 Å². The lowest BCUT2D eigenvalue weighted by molar-refractivity contribution is 0.0693. The van der Waals surface area contributed by atoms with E-state index < -0.39 is 10.0 Å². The van der Waals surface area contributed by atoms with Gasteiger partial charge in [-0.3, -0.25) is 9.52 Å². The van der Waals surface area contributed by atoms with E-state index in [1.165, 1.54) is 23.9 Å². The summed E-state index contributed by atoms with van der Waals surface area (Å²) in [5.41, 5.74) is 0.796. The third-order valence-corrected chi connectivity index (χ3v) is 7.37. The van der Waals surface area contributed by atoms with Crippen LogP contribution in [0.5, 0.6) is 5.75 Å². The van der Waals surface area contributed by atoms with Crippen molar-refractivity contribution in [2.24, 2.45) is 5.92 Å². The van der Waals surface area contributed by atoms with Crippen molar-refractivity contribution in [1.29, 1.82) is 0 Å². The zero-order chi connectivity index (χ0) is 21.7. The molecule has 1 aliphatic heterocycles. The number of amides is 1. The Labute approximate surface area is 183 Å². The molecule has 162 valence electrons. The van der Waals surface area contributed by atoms with Crippen molar-refractivity contribution >= 4 is 33.4 Å². The third-order valence-electron chi connectivity index (χ3n) is 5.21. The van der Waals surface area contributed by atoms with Gasteiger partial charge in [0, 0.05) is 18.0 Å². The zero-order valence-electron chi connectivity index (χ0n) is 17.6. The molecule has 0 aliphatic carbocycles. The second-order valence-electron chi connectivity index (χ2n) is 7.37. The summed E-state index contributed by atoms with van der Waals surface area (Å²) in [6.45, 7) is 5.85. The summed E-state index contributed by atoms with van der Waals surface area (Å²) >= 11 is 1.44. The molecule has 30 heavy (non-hydrogen) atoms. The summed E-state index contributed by atoms with van der Waals surface area (Å²) in [5.74, 6) is 0.955. The zero-order valence-corrected chi connectivity index (χ0v) is 19.2. The van der Waals surface area contributed by atoms with Gasteiger partial charge in [-0.1, -0.05) is 19.1 Å². The van der Waals surface area contributed by atoms with Crippen LogP contribution in [0.3, 0.4) is 0 Å². The molecule has 0 radical (unpaired) electrons. The van der Waals surface area contributed by atoms with Gasteiger partial charge in [0.05, 0.1) is 22.8 Å². The minimum atomic E-state index is -3.88. The summed E-state index contributed by atoms with van der Waals surface area (Å²) in [6.07, 6.45) is 3.82. The van der Waals surface area contributed by atoms with Gasteiger partial charge in [-0.15, -0.1) is 11.8 Å². The SMILES string of the molecule is CCOc1ccccc1NS(=O)(=O)c1ccc(SC)c(C(=O)N2CCC(C)CC2)c1. The van der Waals surface area contributed by atoms with E-state index in [1.807, 2.05) is 18.1 Å². The Morgan fingerprint density at radius 3 is 2.57 bits per heavy atom. The highest BCUT2D eigenvalue weighted by molar-refractivity contribution is 7.98. The van der Waals surface area contributed by atoms with Gasteiger partial charge in [-0.25, -0.2) is 8.42 Å². The van der Waals surface area contributed by atoms with Crippen molar-refractivity contribution in [2.45, 2.75) is 36.5 Å². The lowest BCUT2D eigenvalue weighted by atomic mass is 9.98. The van der Waals surface area contributed by atoms with Gasteiger partial charge in [-0.2, -0.15) is 0 Å². The fourth-order valence-corrected chi connectivity index (χ4v) is 5.11. The number of hydrogen-bond donors (Lipinski definition) is 1. The maximum Gasteiger partial charge on any atom is 0.262 e. The van der Waals surface area contributed by atoms with Crippen molar-refractivity contribution in [3.63, 3.8) is 0 Å². The third kappa shape index (κ3) is 5.10. The fourth-order valence-electron chi connectivity index (χ4n) is 3.44. The molecular weight excluding hydrogens is 420 g/mol. The number of likely N-dealkylation sites (tertiary alicyclic amines) is 1. The van der Waals surface area contributed by atoms with E-state index in [0.717, 1.165) is 17.7 Å². The molecule has 1 saturated heterocycles. The highest BCUT2D eigenvalue weighted by atomic mass is 32.2. The summed E-state index contributed by atoms with van der Waals surface area (Å²) in [7, 11) is -3.88. The number of carbonyl (C=O) groups is 1. The highest BCUT2D eigenvalue weighted by Crippen LogP contribution is 2.30. The molecule has 3 rings (SSSR count). The van der Waals surface area contributed by atoms with E-state index in [0.29, 0.717) is 42.6 Å². The van der Waals surface area contributed by atoms with Crippen LogP contribution in [0.15, 0.2) is 52.3 Å². The van der Waals surface area contributed by atoms with E-state index in [2.05, 4.69) is 11.6 Å². The number of nitrogens with zero attached hydrogens (tertiary/aromatic N) is 1. The van der Waals surface area contributed by atoms with Crippen LogP contribution in [0.4, 0.5) is 5.69 Å². The van der Waals surface area contributed by atoms with Gasteiger partial charge in [0.25, 0.3) is 15.9 Å². The lowest BCUT2D eigenvalue weighted by Gasteiger charge is -2.30. The van der Waals surface area contributed by atoms with Crippen molar-refractivity contribution < 1.29 is 17.9 Å². The summed E-state index contributed by atoms with van der Waals surface area (Å²) in [4.78, 5) is 15.8. The molecule has 1 heterocycles. The van der Waals surface area contributed by atoms with E-state index in [-0.39, 0.29) is 10.8 Å². The van der Waals surface area contributed by atoms with Crippen LogP contribution in [-0.2, 0) is 10.0 Å². The first-order valence-corrected chi connectivity index (χ1v) is 12.8. The summed E-state index contributed by atoms with van der Waals surface area (Å²) < 4.78 is 34.2. The number of nitrogens with one attached hydrogen (secondary N) is 1. The normalized spacial score (nSPS) is 15.1. The first-order chi connectivity index (χ1) is 14.4. The number of ether oxygens (including phenoxy) is 1. The number of piperidine rings is 1. The molecule has 1 amide bonds. The number of para-hydroxylation sites is 2. The Morgan fingerprint density at radius 2 is 1.90 bits per heavy atom. The molecule has 1 aliphatic rings. The summed E-state index contributed by atoms with van der Waals surface area (Å²) in [6, 6.07) is 11.6. The largest absolute Gasteiger partial charge is 0.492 e. The molecule has 0 aromatic heterocycles. The summed E-state index contributed by atoms with van der Waals surface area (Å²) in [5, 5.41) is 0. The number of benzene rings is 2. The van der Waals surface area contributed by atoms with E-state index in [4.69, 9.17) is 4.74 Å². The molecule has 0 atom stereocenters. The topological polar surface area (TPSA) is 75.7 Å². The molecule has 2 aromatic rings. The molecule has 2 aromatic carbocycles. The molecule has 0 saturated carbocycles. The van der Waals surface area contributed by atoms with Gasteiger partial charge < -0.3 is 9.64 Å². The van der Waals surface area contributed by atoms with Crippen LogP contribution in [0.2, 0.25) is 0 Å². The van der Waals surface area contributed by atoms with E-state index in [9.17, 15) is 13.2 Å². The Balaban J connectivity index is 1.91. The smallest absolute Gasteiger partial charge is 0.262 e. The van der Waals surface area contributed by atoms with Crippen molar-refractivity contribution in [3.05, 3.63) is 48.0 Å². The van der Waals surface area contributed by atoms with Gasteiger partial charge in [0.2, 0.25) is 0 Å². The first-order valence-electron chi connectivity index (χ1n) is 10.1. The fraction of sp³-hybridized carbons (Fsp3) is 0.409. The van der Waals surface area contributed by atoms with Crippen LogP contribution in [0.25, 0.3) is 0 Å². The maximum absolute atomic E-state index is 13.1. The highest BCUT2D eigenvalue weighted by Gasteiger charge is 2.25. The molecule has 6 nitrogen and oxygen atoms in total. The Kier molecular flexibility index (Phi) is 7.31. The average molecular weight is 449 g/mol. The molecule has 0 bridgehead atoms. The predicted molar refractivity (Wildman–Crippen MR) is 121 cm³/mol. The molecule has 0 unspecified atom stereocenters. The van der Waals surface area contributed by atoms with Crippen LogP contribution in [0.1, 0.15) is 37.0 Å². The second-order valence-corrected chi connectivity index (χ2v) is 9.90. The molecule has 1 N–H and O–H groups in total. The van der Waals surface area contributed by atoms with Crippen molar-refractivity contribution in [2.75, 3.05) is 30.7 Å². The van der Waals surface area contributed by atoms with Gasteiger partial charge >= 0.3 is 0 Å². The number of rotatable bonds is 7. The first kappa shape index (κ1) is 22.5.